The molecule has 0 saturated heterocycles. The van der Waals surface area contributed by atoms with E-state index in [0.29, 0.717) is 18.8 Å². The molecule has 0 bridgehead atoms. The van der Waals surface area contributed by atoms with Crippen LogP contribution in [0.2, 0.25) is 0 Å². The third-order valence-corrected chi connectivity index (χ3v) is 6.21. The van der Waals surface area contributed by atoms with Gasteiger partial charge in [0.15, 0.2) is 11.5 Å². The third-order valence-electron chi connectivity index (χ3n) is 6.21. The zero-order valence-electron chi connectivity index (χ0n) is 17.0. The first-order valence-electron chi connectivity index (χ1n) is 10.4. The summed E-state index contributed by atoms with van der Waals surface area (Å²) in [4.78, 5) is 15.3. The molecule has 1 aliphatic carbocycles. The highest BCUT2D eigenvalue weighted by atomic mass is 16.2. The molecule has 0 fully saturated rings. The summed E-state index contributed by atoms with van der Waals surface area (Å²) in [6.07, 6.45) is 9.12. The van der Waals surface area contributed by atoms with E-state index in [2.05, 4.69) is 25.5 Å². The van der Waals surface area contributed by atoms with E-state index in [4.69, 9.17) is 0 Å². The molecule has 1 aliphatic heterocycles. The molecule has 0 aromatic carbocycles. The molecule has 9 nitrogen and oxygen atoms in total. The number of aryl methyl sites for hydroxylation is 3. The first kappa shape index (κ1) is 18.1. The standard InChI is InChI=1S/C20H26N8O/c1-26-12-21-24-19(26)17-14-11-28(10-9-16(14)27(2)25-17)20(29)18-13-7-5-3-4-6-8-15(13)22-23-18/h12H,3-11H2,1-2H3,(H,22,23). The van der Waals surface area contributed by atoms with Gasteiger partial charge in [-0.15, -0.1) is 10.2 Å². The Labute approximate surface area is 169 Å². The second-order valence-corrected chi connectivity index (χ2v) is 8.08. The fourth-order valence-electron chi connectivity index (χ4n) is 4.60. The van der Waals surface area contributed by atoms with E-state index < -0.39 is 0 Å². The van der Waals surface area contributed by atoms with Gasteiger partial charge in [0.25, 0.3) is 5.91 Å². The van der Waals surface area contributed by atoms with Crippen molar-refractivity contribution in [3.63, 3.8) is 0 Å². The number of H-pyrrole nitrogens is 1. The maximum Gasteiger partial charge on any atom is 0.274 e. The molecular formula is C20H26N8O. The van der Waals surface area contributed by atoms with E-state index in [-0.39, 0.29) is 5.91 Å². The van der Waals surface area contributed by atoms with Gasteiger partial charge in [-0.25, -0.2) is 0 Å². The average Bonchev–Trinajstić information content (AvgIpc) is 3.38. The molecule has 1 N–H and O–H groups in total. The minimum atomic E-state index is 0.0153. The number of hydrogen-bond donors (Lipinski definition) is 1. The summed E-state index contributed by atoms with van der Waals surface area (Å²) >= 11 is 0. The lowest BCUT2D eigenvalue weighted by Crippen LogP contribution is -2.37. The number of nitrogens with one attached hydrogen (secondary N) is 1. The van der Waals surface area contributed by atoms with Crippen LogP contribution in [0.3, 0.4) is 0 Å². The van der Waals surface area contributed by atoms with Crippen LogP contribution < -0.4 is 0 Å². The van der Waals surface area contributed by atoms with Gasteiger partial charge in [0, 0.05) is 49.6 Å². The van der Waals surface area contributed by atoms with Crippen molar-refractivity contribution in [1.82, 2.24) is 39.6 Å². The lowest BCUT2D eigenvalue weighted by molar-refractivity contribution is 0.0726. The monoisotopic (exact) mass is 394 g/mol. The van der Waals surface area contributed by atoms with Crippen molar-refractivity contribution < 1.29 is 4.79 Å². The van der Waals surface area contributed by atoms with Crippen LogP contribution in [0.15, 0.2) is 6.33 Å². The summed E-state index contributed by atoms with van der Waals surface area (Å²) in [6, 6.07) is 0. The van der Waals surface area contributed by atoms with E-state index in [9.17, 15) is 4.79 Å². The Morgan fingerprint density at radius 2 is 1.90 bits per heavy atom. The largest absolute Gasteiger partial charge is 0.332 e. The smallest absolute Gasteiger partial charge is 0.274 e. The van der Waals surface area contributed by atoms with Gasteiger partial charge in [-0.3, -0.25) is 14.6 Å². The molecule has 4 heterocycles. The van der Waals surface area contributed by atoms with Crippen LogP contribution in [-0.2, 0) is 39.9 Å². The molecule has 5 rings (SSSR count). The Balaban J connectivity index is 1.46. The molecule has 29 heavy (non-hydrogen) atoms. The number of rotatable bonds is 2. The first-order valence-corrected chi connectivity index (χ1v) is 10.4. The van der Waals surface area contributed by atoms with E-state index in [1.54, 1.807) is 6.33 Å². The molecule has 0 saturated carbocycles. The van der Waals surface area contributed by atoms with Crippen LogP contribution in [0.4, 0.5) is 0 Å². The van der Waals surface area contributed by atoms with Gasteiger partial charge >= 0.3 is 0 Å². The normalized spacial score (nSPS) is 16.8. The number of fused-ring (bicyclic) bond motifs is 2. The molecule has 1 amide bonds. The number of aromatic amines is 1. The van der Waals surface area contributed by atoms with Gasteiger partial charge in [0.2, 0.25) is 0 Å². The van der Waals surface area contributed by atoms with E-state index >= 15 is 0 Å². The first-order chi connectivity index (χ1) is 14.1. The summed E-state index contributed by atoms with van der Waals surface area (Å²) < 4.78 is 3.77. The van der Waals surface area contributed by atoms with Crippen molar-refractivity contribution >= 4 is 5.91 Å². The summed E-state index contributed by atoms with van der Waals surface area (Å²) in [5.41, 5.74) is 5.89. The Kier molecular flexibility index (Phi) is 4.44. The molecule has 3 aromatic rings. The highest BCUT2D eigenvalue weighted by molar-refractivity contribution is 5.94. The van der Waals surface area contributed by atoms with Crippen molar-refractivity contribution in [2.45, 2.75) is 51.5 Å². The van der Waals surface area contributed by atoms with Crippen LogP contribution in [0, 0.1) is 0 Å². The van der Waals surface area contributed by atoms with Crippen LogP contribution >= 0.6 is 0 Å². The predicted molar refractivity (Wildman–Crippen MR) is 106 cm³/mol. The topological polar surface area (TPSA) is 97.5 Å². The van der Waals surface area contributed by atoms with Crippen molar-refractivity contribution in [2.24, 2.45) is 14.1 Å². The molecule has 0 atom stereocenters. The number of amides is 1. The van der Waals surface area contributed by atoms with Crippen molar-refractivity contribution in [3.8, 4) is 11.5 Å². The Morgan fingerprint density at radius 3 is 2.69 bits per heavy atom. The fourth-order valence-corrected chi connectivity index (χ4v) is 4.60. The molecule has 152 valence electrons. The Morgan fingerprint density at radius 1 is 1.07 bits per heavy atom. The van der Waals surface area contributed by atoms with E-state index in [1.165, 1.54) is 12.8 Å². The van der Waals surface area contributed by atoms with Crippen LogP contribution in [0.25, 0.3) is 11.5 Å². The summed E-state index contributed by atoms with van der Waals surface area (Å²) in [5, 5.41) is 20.5. The summed E-state index contributed by atoms with van der Waals surface area (Å²) in [7, 11) is 3.86. The van der Waals surface area contributed by atoms with Gasteiger partial charge in [-0.1, -0.05) is 12.8 Å². The minimum Gasteiger partial charge on any atom is -0.332 e. The van der Waals surface area contributed by atoms with Crippen molar-refractivity contribution in [1.29, 1.82) is 0 Å². The lowest BCUT2D eigenvalue weighted by Gasteiger charge is -2.27. The zero-order chi connectivity index (χ0) is 20.0. The summed E-state index contributed by atoms with van der Waals surface area (Å²) in [5.74, 6) is 0.738. The highest BCUT2D eigenvalue weighted by Crippen LogP contribution is 2.30. The number of hydrogen-bond acceptors (Lipinski definition) is 5. The third kappa shape index (κ3) is 3.04. The minimum absolute atomic E-state index is 0.0153. The van der Waals surface area contributed by atoms with Gasteiger partial charge in [0.05, 0.1) is 6.54 Å². The number of carbonyl (C=O) groups excluding carboxylic acids is 1. The molecule has 0 spiro atoms. The van der Waals surface area contributed by atoms with Crippen molar-refractivity contribution in [2.75, 3.05) is 6.54 Å². The molecular weight excluding hydrogens is 368 g/mol. The second kappa shape index (κ2) is 7.13. The molecule has 9 heteroatoms. The molecule has 0 radical (unpaired) electrons. The van der Waals surface area contributed by atoms with Crippen LogP contribution in [0.5, 0.6) is 0 Å². The van der Waals surface area contributed by atoms with Gasteiger partial charge < -0.3 is 9.47 Å². The zero-order valence-corrected chi connectivity index (χ0v) is 17.0. The SMILES string of the molecule is Cn1cnnc1-c1nn(C)c2c1CN(C(=O)c1n[nH]c3c1CCCCCC3)CC2. The van der Waals surface area contributed by atoms with E-state index in [0.717, 1.165) is 66.1 Å². The average molecular weight is 394 g/mol. The molecule has 0 unspecified atom stereocenters. The van der Waals surface area contributed by atoms with Gasteiger partial charge in [-0.05, 0) is 25.7 Å². The molecule has 3 aromatic heterocycles. The maximum atomic E-state index is 13.4. The molecule has 2 aliphatic rings. The van der Waals surface area contributed by atoms with Crippen LogP contribution in [0.1, 0.15) is 58.7 Å². The van der Waals surface area contributed by atoms with Gasteiger partial charge in [0.1, 0.15) is 12.0 Å². The highest BCUT2D eigenvalue weighted by Gasteiger charge is 2.31. The Bertz CT molecular complexity index is 1060. The van der Waals surface area contributed by atoms with Crippen LogP contribution in [-0.4, -0.2) is 52.1 Å². The lowest BCUT2D eigenvalue weighted by atomic mass is 9.96. The number of aromatic nitrogens is 7. The maximum absolute atomic E-state index is 13.4. The number of nitrogens with zero attached hydrogens (tertiary/aromatic N) is 7. The predicted octanol–water partition coefficient (Wildman–Crippen LogP) is 1.80. The van der Waals surface area contributed by atoms with Gasteiger partial charge in [-0.2, -0.15) is 10.2 Å². The number of carbonyl (C=O) groups is 1. The fraction of sp³-hybridized carbons (Fsp3) is 0.550. The quantitative estimate of drug-likeness (QED) is 0.715. The second-order valence-electron chi connectivity index (χ2n) is 8.08. The van der Waals surface area contributed by atoms with E-state index in [1.807, 2.05) is 28.2 Å². The Hall–Kier alpha value is -2.97. The van der Waals surface area contributed by atoms with Crippen molar-refractivity contribution in [3.05, 3.63) is 34.5 Å². The summed E-state index contributed by atoms with van der Waals surface area (Å²) in [6.45, 7) is 1.19.